The molecule has 1 amide bonds. The SMILES string of the molecule is Cc1cccc2c(-c3nc(C(=O)N4CC[C@H](N5CCCC5)C4)c(-c4cccnc4)s3)[nH]nc12. The number of hydrogen-bond donors (Lipinski definition) is 1. The Morgan fingerprint density at radius 1 is 1.15 bits per heavy atom. The van der Waals surface area contributed by atoms with Gasteiger partial charge in [0.1, 0.15) is 16.4 Å². The second-order valence-corrected chi connectivity index (χ2v) is 9.94. The molecule has 4 aromatic rings. The van der Waals surface area contributed by atoms with Crippen molar-refractivity contribution >= 4 is 28.1 Å². The van der Waals surface area contributed by atoms with E-state index in [2.05, 4.69) is 39.1 Å². The number of nitrogens with one attached hydrogen (secondary N) is 1. The van der Waals surface area contributed by atoms with Crippen LogP contribution >= 0.6 is 11.3 Å². The van der Waals surface area contributed by atoms with Crippen molar-refractivity contribution in [3.8, 4) is 21.1 Å². The van der Waals surface area contributed by atoms with Crippen LogP contribution in [-0.2, 0) is 0 Å². The van der Waals surface area contributed by atoms with Crippen LogP contribution in [0.4, 0.5) is 0 Å². The van der Waals surface area contributed by atoms with Crippen molar-refractivity contribution in [1.82, 2.24) is 30.0 Å². The number of nitrogens with zero attached hydrogens (tertiary/aromatic N) is 5. The summed E-state index contributed by atoms with van der Waals surface area (Å²) in [6, 6.07) is 10.5. The number of H-pyrrole nitrogens is 1. The van der Waals surface area contributed by atoms with Crippen LogP contribution in [0.5, 0.6) is 0 Å². The van der Waals surface area contributed by atoms with Crippen LogP contribution in [0.15, 0.2) is 42.7 Å². The molecule has 0 bridgehead atoms. The van der Waals surface area contributed by atoms with Crippen LogP contribution in [0.2, 0.25) is 0 Å². The van der Waals surface area contributed by atoms with Gasteiger partial charge in [0.25, 0.3) is 5.91 Å². The van der Waals surface area contributed by atoms with Gasteiger partial charge in [-0.2, -0.15) is 5.10 Å². The van der Waals surface area contributed by atoms with E-state index in [9.17, 15) is 4.79 Å². The van der Waals surface area contributed by atoms with Gasteiger partial charge in [0.15, 0.2) is 0 Å². The summed E-state index contributed by atoms with van der Waals surface area (Å²) in [5, 5.41) is 9.48. The van der Waals surface area contributed by atoms with E-state index in [1.807, 2.05) is 23.1 Å². The number of aryl methyl sites for hydroxylation is 1. The summed E-state index contributed by atoms with van der Waals surface area (Å²) in [7, 11) is 0. The van der Waals surface area contributed by atoms with Crippen molar-refractivity contribution in [2.75, 3.05) is 26.2 Å². The quantitative estimate of drug-likeness (QED) is 0.491. The molecule has 0 spiro atoms. The molecule has 1 atom stereocenters. The highest BCUT2D eigenvalue weighted by atomic mass is 32.1. The predicted molar refractivity (Wildman–Crippen MR) is 130 cm³/mol. The normalized spacial score (nSPS) is 19.1. The van der Waals surface area contributed by atoms with Gasteiger partial charge in [0.05, 0.1) is 10.4 Å². The summed E-state index contributed by atoms with van der Waals surface area (Å²) in [4.78, 5) is 28.3. The number of amides is 1. The minimum Gasteiger partial charge on any atom is -0.336 e. The van der Waals surface area contributed by atoms with E-state index in [1.54, 1.807) is 12.4 Å². The lowest BCUT2D eigenvalue weighted by Crippen LogP contribution is -2.37. The number of carbonyl (C=O) groups excluding carboxylic acids is 1. The van der Waals surface area contributed by atoms with E-state index in [0.717, 1.165) is 70.2 Å². The van der Waals surface area contributed by atoms with E-state index in [1.165, 1.54) is 24.2 Å². The fraction of sp³-hybridized carbons (Fsp3) is 0.360. The Bertz CT molecular complexity index is 1310. The topological polar surface area (TPSA) is 78.0 Å². The van der Waals surface area contributed by atoms with Crippen LogP contribution < -0.4 is 0 Å². The Balaban J connectivity index is 1.38. The fourth-order valence-electron chi connectivity index (χ4n) is 5.09. The van der Waals surface area contributed by atoms with Crippen LogP contribution in [0.3, 0.4) is 0 Å². The van der Waals surface area contributed by atoms with Crippen molar-refractivity contribution in [2.45, 2.75) is 32.2 Å². The minimum atomic E-state index is 0.0121. The zero-order chi connectivity index (χ0) is 22.4. The number of fused-ring (bicyclic) bond motifs is 1. The van der Waals surface area contributed by atoms with E-state index in [4.69, 9.17) is 4.98 Å². The van der Waals surface area contributed by atoms with Gasteiger partial charge in [-0.1, -0.05) is 24.3 Å². The molecule has 1 aromatic carbocycles. The highest BCUT2D eigenvalue weighted by Gasteiger charge is 2.34. The highest BCUT2D eigenvalue weighted by molar-refractivity contribution is 7.18. The molecule has 3 aromatic heterocycles. The molecule has 2 saturated heterocycles. The molecule has 2 aliphatic heterocycles. The van der Waals surface area contributed by atoms with E-state index >= 15 is 0 Å². The maximum absolute atomic E-state index is 13.7. The number of carbonyl (C=O) groups is 1. The molecule has 0 unspecified atom stereocenters. The first-order valence-electron chi connectivity index (χ1n) is 11.6. The van der Waals surface area contributed by atoms with Crippen LogP contribution in [0.25, 0.3) is 32.0 Å². The molecular formula is C25H26N6OS. The Morgan fingerprint density at radius 3 is 2.85 bits per heavy atom. The van der Waals surface area contributed by atoms with Gasteiger partial charge < -0.3 is 4.90 Å². The Labute approximate surface area is 196 Å². The number of para-hydroxylation sites is 1. The number of likely N-dealkylation sites (tertiary alicyclic amines) is 2. The maximum Gasteiger partial charge on any atom is 0.274 e. The average molecular weight is 459 g/mol. The lowest BCUT2D eigenvalue weighted by atomic mass is 10.1. The van der Waals surface area contributed by atoms with E-state index in [-0.39, 0.29) is 5.91 Å². The third-order valence-electron chi connectivity index (χ3n) is 6.86. The summed E-state index contributed by atoms with van der Waals surface area (Å²) in [5.74, 6) is 0.0121. The minimum absolute atomic E-state index is 0.0121. The Morgan fingerprint density at radius 2 is 2.03 bits per heavy atom. The summed E-state index contributed by atoms with van der Waals surface area (Å²) in [6.07, 6.45) is 7.13. The van der Waals surface area contributed by atoms with Crippen molar-refractivity contribution in [3.63, 3.8) is 0 Å². The smallest absolute Gasteiger partial charge is 0.274 e. The number of aromatic nitrogens is 4. The van der Waals surface area contributed by atoms with Crippen molar-refractivity contribution in [2.24, 2.45) is 0 Å². The first-order chi connectivity index (χ1) is 16.2. The summed E-state index contributed by atoms with van der Waals surface area (Å²) >= 11 is 1.52. The number of hydrogen-bond acceptors (Lipinski definition) is 6. The van der Waals surface area contributed by atoms with Crippen LogP contribution in [0, 0.1) is 6.92 Å². The average Bonchev–Trinajstić information content (AvgIpc) is 3.64. The first-order valence-corrected chi connectivity index (χ1v) is 12.4. The van der Waals surface area contributed by atoms with Crippen molar-refractivity contribution < 1.29 is 4.79 Å². The number of thiazole rings is 1. The van der Waals surface area contributed by atoms with Crippen LogP contribution in [-0.4, -0.2) is 68.1 Å². The van der Waals surface area contributed by atoms with Crippen molar-refractivity contribution in [3.05, 3.63) is 54.0 Å². The summed E-state index contributed by atoms with van der Waals surface area (Å²) in [5.41, 5.74) is 4.34. The lowest BCUT2D eigenvalue weighted by Gasteiger charge is -2.23. The number of aromatic amines is 1. The summed E-state index contributed by atoms with van der Waals surface area (Å²) < 4.78 is 0. The van der Waals surface area contributed by atoms with Gasteiger partial charge in [0.2, 0.25) is 0 Å². The number of benzene rings is 1. The fourth-order valence-corrected chi connectivity index (χ4v) is 6.15. The van der Waals surface area contributed by atoms with Gasteiger partial charge in [-0.05, 0) is 50.9 Å². The zero-order valence-electron chi connectivity index (χ0n) is 18.6. The molecule has 168 valence electrons. The largest absolute Gasteiger partial charge is 0.336 e. The standard InChI is InChI=1S/C25H26N6OS/c1-16-6-4-8-19-20(16)28-29-21(19)24-27-22(23(33-24)17-7-5-10-26-14-17)25(32)31-13-9-18(15-31)30-11-2-3-12-30/h4-8,10,14,18H,2-3,9,11-13,15H2,1H3,(H,28,29)/t18-/m0/s1. The van der Waals surface area contributed by atoms with Gasteiger partial charge in [-0.15, -0.1) is 11.3 Å². The lowest BCUT2D eigenvalue weighted by molar-refractivity contribution is 0.0776. The molecule has 1 N–H and O–H groups in total. The van der Waals surface area contributed by atoms with Gasteiger partial charge in [-0.3, -0.25) is 19.8 Å². The maximum atomic E-state index is 13.7. The van der Waals surface area contributed by atoms with Gasteiger partial charge in [0, 0.05) is 42.5 Å². The second kappa shape index (κ2) is 8.35. The van der Waals surface area contributed by atoms with Crippen molar-refractivity contribution in [1.29, 1.82) is 0 Å². The molecular weight excluding hydrogens is 432 g/mol. The zero-order valence-corrected chi connectivity index (χ0v) is 19.4. The Kier molecular flexibility index (Phi) is 5.19. The third kappa shape index (κ3) is 3.63. The second-order valence-electron chi connectivity index (χ2n) is 8.94. The molecule has 2 fully saturated rings. The molecule has 0 aliphatic carbocycles. The van der Waals surface area contributed by atoms with E-state index < -0.39 is 0 Å². The monoisotopic (exact) mass is 458 g/mol. The summed E-state index contributed by atoms with van der Waals surface area (Å²) in [6.45, 7) is 5.92. The molecule has 8 heteroatoms. The molecule has 5 heterocycles. The number of rotatable bonds is 4. The van der Waals surface area contributed by atoms with Gasteiger partial charge in [-0.25, -0.2) is 4.98 Å². The molecule has 7 nitrogen and oxygen atoms in total. The predicted octanol–water partition coefficient (Wildman–Crippen LogP) is 4.37. The molecule has 0 saturated carbocycles. The van der Waals surface area contributed by atoms with Crippen LogP contribution in [0.1, 0.15) is 35.3 Å². The van der Waals surface area contributed by atoms with E-state index in [0.29, 0.717) is 11.7 Å². The molecule has 6 rings (SSSR count). The third-order valence-corrected chi connectivity index (χ3v) is 7.98. The molecule has 0 radical (unpaired) electrons. The first kappa shape index (κ1) is 20.5. The Hall–Kier alpha value is -3.10. The van der Waals surface area contributed by atoms with Gasteiger partial charge >= 0.3 is 0 Å². The number of pyridine rings is 1. The molecule has 33 heavy (non-hydrogen) atoms. The highest BCUT2D eigenvalue weighted by Crippen LogP contribution is 2.38. The molecule has 2 aliphatic rings.